The van der Waals surface area contributed by atoms with Crippen LogP contribution in [0.1, 0.15) is 39.8 Å². The van der Waals surface area contributed by atoms with E-state index in [2.05, 4.69) is 11.8 Å². The van der Waals surface area contributed by atoms with Crippen molar-refractivity contribution in [2.45, 2.75) is 25.0 Å². The highest BCUT2D eigenvalue weighted by Gasteiger charge is 2.36. The van der Waals surface area contributed by atoms with Crippen LogP contribution >= 0.6 is 23.1 Å². The van der Waals surface area contributed by atoms with E-state index < -0.39 is 5.91 Å². The Morgan fingerprint density at radius 3 is 2.62 bits per heavy atom. The van der Waals surface area contributed by atoms with Crippen molar-refractivity contribution < 1.29 is 9.59 Å². The van der Waals surface area contributed by atoms with Gasteiger partial charge in [0.2, 0.25) is 0 Å². The van der Waals surface area contributed by atoms with Crippen LogP contribution in [0.15, 0.2) is 0 Å². The average Bonchev–Trinajstić information content (AvgIpc) is 3.21. The summed E-state index contributed by atoms with van der Waals surface area (Å²) in [6.07, 6.45) is 1.85. The van der Waals surface area contributed by atoms with E-state index in [0.29, 0.717) is 15.7 Å². The van der Waals surface area contributed by atoms with Crippen molar-refractivity contribution in [3.05, 3.63) is 10.4 Å². The number of thiophene rings is 1. The van der Waals surface area contributed by atoms with E-state index in [4.69, 9.17) is 11.5 Å². The molecule has 1 atom stereocenters. The molecule has 0 radical (unpaired) electrons. The third-order valence-electron chi connectivity index (χ3n) is 3.87. The molecule has 1 aliphatic carbocycles. The normalized spacial score (nSPS) is 22.3. The van der Waals surface area contributed by atoms with Crippen molar-refractivity contribution in [1.29, 1.82) is 0 Å². The molecule has 1 unspecified atom stereocenters. The molecule has 1 amide bonds. The molecule has 0 bridgehead atoms. The summed E-state index contributed by atoms with van der Waals surface area (Å²) < 4.78 is 0. The number of carbonyl (C=O) groups excluding carboxylic acids is 2. The number of hydrogen-bond donors (Lipinski definition) is 2. The lowest BCUT2D eigenvalue weighted by atomic mass is 10.1. The van der Waals surface area contributed by atoms with Crippen molar-refractivity contribution in [2.24, 2.45) is 11.7 Å². The molecule has 21 heavy (non-hydrogen) atoms. The third kappa shape index (κ3) is 2.76. The van der Waals surface area contributed by atoms with Crippen LogP contribution in [0.5, 0.6) is 0 Å². The van der Waals surface area contributed by atoms with Crippen LogP contribution in [-0.4, -0.2) is 35.8 Å². The van der Waals surface area contributed by atoms with Gasteiger partial charge in [0.15, 0.2) is 5.78 Å². The number of thioether (sulfide) groups is 1. The van der Waals surface area contributed by atoms with Crippen LogP contribution in [0.2, 0.25) is 0 Å². The molecule has 0 aromatic carbocycles. The van der Waals surface area contributed by atoms with Crippen molar-refractivity contribution in [1.82, 2.24) is 0 Å². The average molecular weight is 325 g/mol. The van der Waals surface area contributed by atoms with E-state index >= 15 is 0 Å². The molecule has 7 heteroatoms. The van der Waals surface area contributed by atoms with Crippen LogP contribution in [0.4, 0.5) is 10.7 Å². The summed E-state index contributed by atoms with van der Waals surface area (Å²) in [4.78, 5) is 26.8. The second kappa shape index (κ2) is 5.53. The minimum Gasteiger partial charge on any atom is -0.397 e. The molecule has 2 fully saturated rings. The standard InChI is InChI=1S/C14H19N3O2S2/c1-7-6-17(4-5-20-7)14-9(13(16)19)10(15)12(21-14)11(18)8-2-3-8/h7-8H,2-6,15H2,1H3,(H2,16,19). The predicted molar refractivity (Wildman–Crippen MR) is 88.4 cm³/mol. The van der Waals surface area contributed by atoms with E-state index in [9.17, 15) is 9.59 Å². The SMILES string of the molecule is CC1CN(c2sc(C(=O)C3CC3)c(N)c2C(N)=O)CCS1. The molecular formula is C14H19N3O2S2. The second-order valence-corrected chi connectivity index (χ2v) is 8.20. The van der Waals surface area contributed by atoms with Crippen molar-refractivity contribution in [2.75, 3.05) is 29.5 Å². The van der Waals surface area contributed by atoms with E-state index in [1.807, 2.05) is 11.8 Å². The number of hydrogen-bond acceptors (Lipinski definition) is 6. The van der Waals surface area contributed by atoms with E-state index in [1.165, 1.54) is 11.3 Å². The van der Waals surface area contributed by atoms with Gasteiger partial charge in [0, 0.05) is 30.0 Å². The lowest BCUT2D eigenvalue weighted by Gasteiger charge is -2.31. The number of ketones is 1. The quantitative estimate of drug-likeness (QED) is 0.826. The Bertz CT molecular complexity index is 595. The summed E-state index contributed by atoms with van der Waals surface area (Å²) in [6.45, 7) is 3.86. The molecule has 1 aliphatic heterocycles. The van der Waals surface area contributed by atoms with Crippen molar-refractivity contribution in [3.8, 4) is 0 Å². The number of primary amides is 1. The Balaban J connectivity index is 1.99. The Morgan fingerprint density at radius 1 is 1.33 bits per heavy atom. The number of nitrogen functional groups attached to an aromatic ring is 1. The van der Waals surface area contributed by atoms with Crippen molar-refractivity contribution >= 4 is 45.5 Å². The first-order valence-corrected chi connectivity index (χ1v) is 8.98. The highest BCUT2D eigenvalue weighted by Crippen LogP contribution is 2.43. The van der Waals surface area contributed by atoms with Gasteiger partial charge in [0.25, 0.3) is 5.91 Å². The van der Waals surface area contributed by atoms with E-state index in [0.717, 1.165) is 36.7 Å². The molecule has 0 spiro atoms. The minimum absolute atomic E-state index is 0.0747. The number of rotatable bonds is 4. The molecule has 114 valence electrons. The Hall–Kier alpha value is -1.21. The number of carbonyl (C=O) groups is 2. The third-order valence-corrected chi connectivity index (χ3v) is 6.29. The summed E-state index contributed by atoms with van der Waals surface area (Å²) in [5.41, 5.74) is 12.2. The molecule has 2 heterocycles. The Labute approximate surface area is 132 Å². The number of nitrogens with two attached hydrogens (primary N) is 2. The fraction of sp³-hybridized carbons (Fsp3) is 0.571. The Morgan fingerprint density at radius 2 is 2.05 bits per heavy atom. The monoisotopic (exact) mass is 325 g/mol. The number of anilines is 2. The number of Topliss-reactive ketones (excluding diaryl/α,β-unsaturated/α-hetero) is 1. The van der Waals surface area contributed by atoms with Gasteiger partial charge in [-0.25, -0.2) is 0 Å². The Kier molecular flexibility index (Phi) is 3.88. The van der Waals surface area contributed by atoms with E-state index in [-0.39, 0.29) is 17.4 Å². The molecule has 1 aromatic rings. The number of amides is 1. The molecule has 1 aromatic heterocycles. The molecule has 5 nitrogen and oxygen atoms in total. The predicted octanol–water partition coefficient (Wildman–Crippen LogP) is 1.96. The van der Waals surface area contributed by atoms with Gasteiger partial charge in [-0.2, -0.15) is 11.8 Å². The topological polar surface area (TPSA) is 89.4 Å². The fourth-order valence-corrected chi connectivity index (χ4v) is 4.90. The molecule has 3 rings (SSSR count). The zero-order valence-corrected chi connectivity index (χ0v) is 13.6. The van der Waals surface area contributed by atoms with Gasteiger partial charge in [0.05, 0.1) is 16.1 Å². The molecule has 1 saturated carbocycles. The maximum Gasteiger partial charge on any atom is 0.253 e. The van der Waals surface area contributed by atoms with Gasteiger partial charge in [0.1, 0.15) is 5.00 Å². The second-order valence-electron chi connectivity index (χ2n) is 5.66. The van der Waals surface area contributed by atoms with Crippen LogP contribution in [0.25, 0.3) is 0 Å². The molecule has 1 saturated heterocycles. The fourth-order valence-electron chi connectivity index (χ4n) is 2.61. The zero-order chi connectivity index (χ0) is 15.1. The summed E-state index contributed by atoms with van der Waals surface area (Å²) >= 11 is 3.25. The van der Waals surface area contributed by atoms with Gasteiger partial charge < -0.3 is 16.4 Å². The van der Waals surface area contributed by atoms with Crippen LogP contribution in [0.3, 0.4) is 0 Å². The lowest BCUT2D eigenvalue weighted by molar-refractivity contribution is 0.0972. The van der Waals surface area contributed by atoms with Gasteiger partial charge in [-0.3, -0.25) is 9.59 Å². The van der Waals surface area contributed by atoms with Crippen molar-refractivity contribution in [3.63, 3.8) is 0 Å². The maximum absolute atomic E-state index is 12.3. The summed E-state index contributed by atoms with van der Waals surface area (Å²) in [7, 11) is 0. The summed E-state index contributed by atoms with van der Waals surface area (Å²) in [5.74, 6) is 0.629. The minimum atomic E-state index is -0.542. The highest BCUT2D eigenvalue weighted by atomic mass is 32.2. The first kappa shape index (κ1) is 14.7. The largest absolute Gasteiger partial charge is 0.397 e. The zero-order valence-electron chi connectivity index (χ0n) is 11.9. The molecule has 2 aliphatic rings. The molecule has 4 N–H and O–H groups in total. The number of nitrogens with zero attached hydrogens (tertiary/aromatic N) is 1. The van der Waals surface area contributed by atoms with E-state index in [1.54, 1.807) is 0 Å². The van der Waals surface area contributed by atoms with Gasteiger partial charge in [-0.15, -0.1) is 11.3 Å². The van der Waals surface area contributed by atoms with Gasteiger partial charge >= 0.3 is 0 Å². The first-order valence-electron chi connectivity index (χ1n) is 7.12. The van der Waals surface area contributed by atoms with Gasteiger partial charge in [-0.1, -0.05) is 6.92 Å². The maximum atomic E-state index is 12.3. The van der Waals surface area contributed by atoms with Crippen LogP contribution in [0, 0.1) is 5.92 Å². The summed E-state index contributed by atoms with van der Waals surface area (Å²) in [5, 5.41) is 1.27. The first-order chi connectivity index (χ1) is 9.99. The van der Waals surface area contributed by atoms with Crippen LogP contribution in [-0.2, 0) is 0 Å². The summed E-state index contributed by atoms with van der Waals surface area (Å²) in [6, 6.07) is 0. The molecular weight excluding hydrogens is 306 g/mol. The smallest absolute Gasteiger partial charge is 0.253 e. The van der Waals surface area contributed by atoms with Gasteiger partial charge in [-0.05, 0) is 12.8 Å². The highest BCUT2D eigenvalue weighted by molar-refractivity contribution is 8.00. The lowest BCUT2D eigenvalue weighted by Crippen LogP contribution is -2.37. The van der Waals surface area contributed by atoms with Crippen LogP contribution < -0.4 is 16.4 Å².